The predicted molar refractivity (Wildman–Crippen MR) is 151 cm³/mol. The fourth-order valence-corrected chi connectivity index (χ4v) is 3.71. The molecule has 1 heterocycles. The molecule has 0 saturated heterocycles. The highest BCUT2D eigenvalue weighted by Crippen LogP contribution is 2.33. The Labute approximate surface area is 229 Å². The predicted octanol–water partition coefficient (Wildman–Crippen LogP) is 6.75. The second-order valence-electron chi connectivity index (χ2n) is 9.11. The van der Waals surface area contributed by atoms with Crippen LogP contribution in [0.5, 0.6) is 11.5 Å². The lowest BCUT2D eigenvalue weighted by Gasteiger charge is -2.19. The number of aliphatic hydroxyl groups excluding tert-OH is 3. The van der Waals surface area contributed by atoms with Crippen molar-refractivity contribution in [2.24, 2.45) is 0 Å². The Morgan fingerprint density at radius 2 is 1.77 bits per heavy atom. The van der Waals surface area contributed by atoms with E-state index in [1.54, 1.807) is 31.2 Å². The third-order valence-electron chi connectivity index (χ3n) is 5.96. The van der Waals surface area contributed by atoms with Crippen molar-refractivity contribution in [3.63, 3.8) is 0 Å². The summed E-state index contributed by atoms with van der Waals surface area (Å²) in [5.74, 6) is 1.05. The number of rotatable bonds is 13. The average molecular weight is 536 g/mol. The average Bonchev–Trinajstić information content (AvgIpc) is 2.92. The molecule has 1 atom stereocenters. The van der Waals surface area contributed by atoms with Crippen LogP contribution in [0.15, 0.2) is 66.4 Å². The van der Waals surface area contributed by atoms with Gasteiger partial charge in [-0.05, 0) is 56.0 Å². The number of benzene rings is 1. The highest BCUT2D eigenvalue weighted by atomic mass is 16.5. The summed E-state index contributed by atoms with van der Waals surface area (Å²) in [6, 6.07) is 4.95. The first-order valence-corrected chi connectivity index (χ1v) is 13.2. The van der Waals surface area contributed by atoms with Crippen LogP contribution in [0.2, 0.25) is 0 Å². The van der Waals surface area contributed by atoms with Crippen LogP contribution in [0.1, 0.15) is 64.5 Å². The summed E-state index contributed by atoms with van der Waals surface area (Å²) < 4.78 is 11.5. The molecule has 0 aliphatic heterocycles. The molecule has 9 nitrogen and oxygen atoms in total. The van der Waals surface area contributed by atoms with E-state index in [9.17, 15) is 15.3 Å². The first-order valence-electron chi connectivity index (χ1n) is 13.2. The Balaban J connectivity index is 2.01. The minimum Gasteiger partial charge on any atom is -0.515 e. The van der Waals surface area contributed by atoms with Gasteiger partial charge in [0.2, 0.25) is 0 Å². The Hall–Kier alpha value is -4.11. The van der Waals surface area contributed by atoms with Gasteiger partial charge >= 0.3 is 0 Å². The molecule has 0 amide bonds. The molecule has 0 radical (unpaired) electrons. The zero-order valence-corrected chi connectivity index (χ0v) is 22.7. The molecular weight excluding hydrogens is 498 g/mol. The van der Waals surface area contributed by atoms with E-state index >= 15 is 0 Å². The summed E-state index contributed by atoms with van der Waals surface area (Å²) in [5.41, 5.74) is 1.39. The maximum atomic E-state index is 10.8. The number of hydrogen-bond acceptors (Lipinski definition) is 9. The summed E-state index contributed by atoms with van der Waals surface area (Å²) >= 11 is 0. The van der Waals surface area contributed by atoms with E-state index in [0.29, 0.717) is 42.1 Å². The molecule has 0 fully saturated rings. The van der Waals surface area contributed by atoms with Crippen LogP contribution < -0.4 is 4.74 Å². The number of ether oxygens (including phenoxy) is 2. The van der Waals surface area contributed by atoms with Crippen LogP contribution >= 0.6 is 0 Å². The summed E-state index contributed by atoms with van der Waals surface area (Å²) in [5, 5.41) is 40.3. The van der Waals surface area contributed by atoms with Gasteiger partial charge in [-0.1, -0.05) is 38.8 Å². The highest BCUT2D eigenvalue weighted by Gasteiger charge is 2.22. The number of phenols is 1. The standard InChI is InChI=1S/C30H37N3O6/c1-4-6-16-38-22-10-12-24(26(36)18-22)29-31-28(20(3)8-9-21(35)14-15-34)32-30(33-29)25-13-11-23(19-27(25)37)39-17-7-5-2/h8-10,12-15,18-19,23,34-37H,4-7,11,16-17H2,1-3H3/b15-14+,20-8+,21-9+. The van der Waals surface area contributed by atoms with Crippen molar-refractivity contribution in [1.82, 2.24) is 15.0 Å². The number of allylic oxidation sites excluding steroid dienone is 5. The van der Waals surface area contributed by atoms with Gasteiger partial charge in [0.1, 0.15) is 23.0 Å². The van der Waals surface area contributed by atoms with Gasteiger partial charge in [0, 0.05) is 18.7 Å². The second-order valence-corrected chi connectivity index (χ2v) is 9.11. The van der Waals surface area contributed by atoms with E-state index in [0.717, 1.165) is 38.0 Å². The van der Waals surface area contributed by atoms with Crippen molar-refractivity contribution in [3.05, 3.63) is 78.0 Å². The van der Waals surface area contributed by atoms with Gasteiger partial charge in [0.15, 0.2) is 17.5 Å². The third kappa shape index (κ3) is 8.44. The molecule has 0 bridgehead atoms. The molecule has 208 valence electrons. The first kappa shape index (κ1) is 29.4. The van der Waals surface area contributed by atoms with Gasteiger partial charge in [-0.15, -0.1) is 0 Å². The SMILES string of the molecule is CCCCOc1ccc(-c2nc(C3=CCC(OCCCC)C=C3O)nc(/C(C)=C/C=C(O)\C=C\O)n2)c(O)c1. The van der Waals surface area contributed by atoms with Crippen LogP contribution in [0, 0.1) is 0 Å². The van der Waals surface area contributed by atoms with E-state index < -0.39 is 0 Å². The fourth-order valence-electron chi connectivity index (χ4n) is 3.71. The molecule has 39 heavy (non-hydrogen) atoms. The number of aromatic hydroxyl groups is 1. The number of unbranched alkanes of at least 4 members (excludes halogenated alkanes) is 2. The Morgan fingerprint density at radius 1 is 1.03 bits per heavy atom. The molecule has 0 saturated carbocycles. The van der Waals surface area contributed by atoms with Gasteiger partial charge in [-0.2, -0.15) is 0 Å². The van der Waals surface area contributed by atoms with Gasteiger partial charge in [0.25, 0.3) is 0 Å². The Bertz CT molecular complexity index is 1280. The van der Waals surface area contributed by atoms with Crippen LogP contribution in [-0.2, 0) is 4.74 Å². The van der Waals surface area contributed by atoms with Crippen LogP contribution in [-0.4, -0.2) is 54.7 Å². The molecule has 1 aromatic heterocycles. The summed E-state index contributed by atoms with van der Waals surface area (Å²) in [7, 11) is 0. The highest BCUT2D eigenvalue weighted by molar-refractivity contribution is 5.76. The summed E-state index contributed by atoms with van der Waals surface area (Å²) in [4.78, 5) is 13.7. The number of hydrogen-bond donors (Lipinski definition) is 4. The zero-order valence-electron chi connectivity index (χ0n) is 22.7. The third-order valence-corrected chi connectivity index (χ3v) is 5.96. The minimum atomic E-state index is -0.236. The summed E-state index contributed by atoms with van der Waals surface area (Å²) in [6.45, 7) is 7.08. The van der Waals surface area contributed by atoms with Crippen LogP contribution in [0.25, 0.3) is 22.5 Å². The molecule has 2 aromatic rings. The number of phenolic OH excluding ortho intramolecular Hbond substituents is 1. The van der Waals surface area contributed by atoms with E-state index in [1.807, 2.05) is 6.08 Å². The van der Waals surface area contributed by atoms with Crippen molar-refractivity contribution < 1.29 is 29.9 Å². The normalized spacial score (nSPS) is 16.3. The van der Waals surface area contributed by atoms with Gasteiger partial charge < -0.3 is 29.9 Å². The van der Waals surface area contributed by atoms with E-state index in [-0.39, 0.29) is 40.8 Å². The van der Waals surface area contributed by atoms with E-state index in [4.69, 9.17) is 14.6 Å². The Kier molecular flexibility index (Phi) is 11.1. The lowest BCUT2D eigenvalue weighted by atomic mass is 10.0. The summed E-state index contributed by atoms with van der Waals surface area (Å²) in [6.07, 6.45) is 12.5. The smallest absolute Gasteiger partial charge is 0.167 e. The molecule has 1 unspecified atom stereocenters. The monoisotopic (exact) mass is 535 g/mol. The molecule has 9 heteroatoms. The first-order chi connectivity index (χ1) is 18.9. The largest absolute Gasteiger partial charge is 0.515 e. The number of nitrogens with zero attached hydrogens (tertiary/aromatic N) is 3. The zero-order chi connectivity index (χ0) is 28.2. The fraction of sp³-hybridized carbons (Fsp3) is 0.367. The number of aromatic nitrogens is 3. The van der Waals surface area contributed by atoms with Crippen LogP contribution in [0.3, 0.4) is 0 Å². The van der Waals surface area contributed by atoms with Gasteiger partial charge in [0.05, 0.1) is 30.1 Å². The van der Waals surface area contributed by atoms with Crippen molar-refractivity contribution >= 4 is 11.1 Å². The topological polar surface area (TPSA) is 138 Å². The lowest BCUT2D eigenvalue weighted by molar-refractivity contribution is 0.0820. The van der Waals surface area contributed by atoms with Gasteiger partial charge in [-0.3, -0.25) is 0 Å². The molecule has 1 aliphatic carbocycles. The van der Waals surface area contributed by atoms with E-state index in [1.165, 1.54) is 12.1 Å². The van der Waals surface area contributed by atoms with Crippen molar-refractivity contribution in [2.75, 3.05) is 13.2 Å². The van der Waals surface area contributed by atoms with Gasteiger partial charge in [-0.25, -0.2) is 15.0 Å². The maximum Gasteiger partial charge on any atom is 0.167 e. The lowest BCUT2D eigenvalue weighted by Crippen LogP contribution is -2.16. The maximum absolute atomic E-state index is 10.8. The molecule has 0 spiro atoms. The van der Waals surface area contributed by atoms with Crippen molar-refractivity contribution in [3.8, 4) is 22.9 Å². The molecule has 1 aliphatic rings. The minimum absolute atomic E-state index is 0.00185. The van der Waals surface area contributed by atoms with Crippen molar-refractivity contribution in [2.45, 2.75) is 59.0 Å². The molecule has 3 rings (SSSR count). The quantitative estimate of drug-likeness (QED) is 0.125. The molecule has 1 aromatic carbocycles. The molecular formula is C30H37N3O6. The van der Waals surface area contributed by atoms with Crippen LogP contribution in [0.4, 0.5) is 0 Å². The second kappa shape index (κ2) is 14.7. The Morgan fingerprint density at radius 3 is 2.46 bits per heavy atom. The van der Waals surface area contributed by atoms with Crippen molar-refractivity contribution in [1.29, 1.82) is 0 Å². The molecule has 4 N–H and O–H groups in total. The number of aliphatic hydroxyl groups is 3. The van der Waals surface area contributed by atoms with E-state index in [2.05, 4.69) is 28.8 Å².